The summed E-state index contributed by atoms with van der Waals surface area (Å²) in [7, 11) is 0. The van der Waals surface area contributed by atoms with E-state index >= 15 is 0 Å². The van der Waals surface area contributed by atoms with E-state index in [4.69, 9.17) is 16.3 Å². The first kappa shape index (κ1) is 13.3. The molecule has 0 aliphatic rings. The zero-order valence-corrected chi connectivity index (χ0v) is 11.9. The fourth-order valence-electron chi connectivity index (χ4n) is 1.43. The topological polar surface area (TPSA) is 42.4 Å². The average Bonchev–Trinajstić information content (AvgIpc) is 2.31. The molecule has 0 saturated carbocycles. The fourth-order valence-corrected chi connectivity index (χ4v) is 2.08. The van der Waals surface area contributed by atoms with Gasteiger partial charge in [-0.05, 0) is 40.5 Å². The summed E-state index contributed by atoms with van der Waals surface area (Å²) < 4.78 is 6.41. The Morgan fingerprint density at radius 2 is 2.11 bits per heavy atom. The van der Waals surface area contributed by atoms with Crippen molar-refractivity contribution in [3.8, 4) is 11.5 Å². The highest BCUT2D eigenvalue weighted by Crippen LogP contribution is 2.32. The molecule has 0 aliphatic carbocycles. The van der Waals surface area contributed by atoms with Crippen molar-refractivity contribution in [2.45, 2.75) is 13.0 Å². The lowest BCUT2D eigenvalue weighted by Gasteiger charge is -2.10. The van der Waals surface area contributed by atoms with Crippen LogP contribution in [0.4, 0.5) is 0 Å². The number of aromatic nitrogens is 1. The Hall–Kier alpha value is -1.10. The van der Waals surface area contributed by atoms with Crippen molar-refractivity contribution in [1.29, 1.82) is 0 Å². The summed E-state index contributed by atoms with van der Waals surface area (Å²) in [6, 6.07) is 7.09. The number of ether oxygens (including phenoxy) is 1. The van der Waals surface area contributed by atoms with Crippen molar-refractivity contribution in [3.05, 3.63) is 51.7 Å². The summed E-state index contributed by atoms with van der Waals surface area (Å²) in [5, 5.41) is 9.99. The maximum absolute atomic E-state index is 9.48. The molecule has 0 spiro atoms. The first-order chi connectivity index (χ1) is 8.56. The minimum atomic E-state index is -0.511. The van der Waals surface area contributed by atoms with E-state index in [1.54, 1.807) is 31.5 Å². The molecule has 1 N–H and O–H groups in total. The molecule has 0 radical (unpaired) electrons. The summed E-state index contributed by atoms with van der Waals surface area (Å²) >= 11 is 9.23. The predicted molar refractivity (Wildman–Crippen MR) is 74.1 cm³/mol. The van der Waals surface area contributed by atoms with Crippen molar-refractivity contribution in [1.82, 2.24) is 4.98 Å². The minimum Gasteiger partial charge on any atom is -0.455 e. The van der Waals surface area contributed by atoms with Crippen molar-refractivity contribution >= 4 is 27.5 Å². The molecular formula is C13H11BrClNO2. The summed E-state index contributed by atoms with van der Waals surface area (Å²) in [6.45, 7) is 1.71. The van der Waals surface area contributed by atoms with Crippen LogP contribution in [0.5, 0.6) is 11.5 Å². The molecule has 1 atom stereocenters. The molecule has 94 valence electrons. The lowest BCUT2D eigenvalue weighted by Crippen LogP contribution is -1.92. The highest BCUT2D eigenvalue weighted by Gasteiger charge is 2.07. The third-order valence-corrected chi connectivity index (χ3v) is 3.17. The number of benzene rings is 1. The molecule has 3 nitrogen and oxygen atoms in total. The van der Waals surface area contributed by atoms with Crippen LogP contribution in [0.3, 0.4) is 0 Å². The normalized spacial score (nSPS) is 12.2. The number of nitrogens with zero attached hydrogens (tertiary/aromatic N) is 1. The molecule has 0 bridgehead atoms. The Morgan fingerprint density at radius 3 is 2.72 bits per heavy atom. The SMILES string of the molecule is C[C@H](O)c1ccc(Oc2cncc(Cl)c2)c(Br)c1. The van der Waals surface area contributed by atoms with Crippen molar-refractivity contribution in [2.75, 3.05) is 0 Å². The first-order valence-corrected chi connectivity index (χ1v) is 6.49. The van der Waals surface area contributed by atoms with Gasteiger partial charge in [-0.15, -0.1) is 0 Å². The van der Waals surface area contributed by atoms with Crippen LogP contribution in [0.1, 0.15) is 18.6 Å². The maximum atomic E-state index is 9.48. The summed E-state index contributed by atoms with van der Waals surface area (Å²) in [5.41, 5.74) is 0.818. The molecule has 0 aliphatic heterocycles. The second kappa shape index (κ2) is 5.69. The Morgan fingerprint density at radius 1 is 1.33 bits per heavy atom. The van der Waals surface area contributed by atoms with E-state index in [0.29, 0.717) is 16.5 Å². The van der Waals surface area contributed by atoms with Crippen molar-refractivity contribution in [2.24, 2.45) is 0 Å². The number of rotatable bonds is 3. The first-order valence-electron chi connectivity index (χ1n) is 5.32. The van der Waals surface area contributed by atoms with Gasteiger partial charge in [-0.2, -0.15) is 0 Å². The van der Waals surface area contributed by atoms with E-state index in [2.05, 4.69) is 20.9 Å². The molecule has 1 aromatic heterocycles. The van der Waals surface area contributed by atoms with E-state index in [1.807, 2.05) is 12.1 Å². The van der Waals surface area contributed by atoms with Gasteiger partial charge in [0.15, 0.2) is 0 Å². The minimum absolute atomic E-state index is 0.511. The largest absolute Gasteiger partial charge is 0.455 e. The van der Waals surface area contributed by atoms with E-state index in [1.165, 1.54) is 0 Å². The molecule has 1 heterocycles. The highest BCUT2D eigenvalue weighted by atomic mass is 79.9. The fraction of sp³-hybridized carbons (Fsp3) is 0.154. The van der Waals surface area contributed by atoms with E-state index in [-0.39, 0.29) is 0 Å². The van der Waals surface area contributed by atoms with Gasteiger partial charge in [0.1, 0.15) is 11.5 Å². The van der Waals surface area contributed by atoms with Crippen LogP contribution in [-0.2, 0) is 0 Å². The van der Waals surface area contributed by atoms with E-state index < -0.39 is 6.10 Å². The van der Waals surface area contributed by atoms with Gasteiger partial charge in [-0.3, -0.25) is 4.98 Å². The van der Waals surface area contributed by atoms with Gasteiger partial charge in [0, 0.05) is 12.3 Å². The Bertz CT molecular complexity index is 560. The van der Waals surface area contributed by atoms with Crippen LogP contribution in [0, 0.1) is 0 Å². The standard InChI is InChI=1S/C13H11BrClNO2/c1-8(17)9-2-3-13(12(14)4-9)18-11-5-10(15)6-16-7-11/h2-8,17H,1H3/t8-/m0/s1. The van der Waals surface area contributed by atoms with Gasteiger partial charge in [-0.25, -0.2) is 0 Å². The molecule has 0 fully saturated rings. The molecule has 0 saturated heterocycles. The molecular weight excluding hydrogens is 318 g/mol. The number of aliphatic hydroxyl groups excluding tert-OH is 1. The maximum Gasteiger partial charge on any atom is 0.147 e. The Kier molecular flexibility index (Phi) is 4.22. The third-order valence-electron chi connectivity index (χ3n) is 2.35. The van der Waals surface area contributed by atoms with Gasteiger partial charge in [0.25, 0.3) is 0 Å². The van der Waals surface area contributed by atoms with E-state index in [0.717, 1.165) is 10.0 Å². The van der Waals surface area contributed by atoms with Crippen LogP contribution in [0.15, 0.2) is 41.1 Å². The van der Waals surface area contributed by atoms with Gasteiger partial charge in [-0.1, -0.05) is 17.7 Å². The van der Waals surface area contributed by atoms with Crippen LogP contribution in [0.2, 0.25) is 5.02 Å². The molecule has 2 rings (SSSR count). The number of hydrogen-bond donors (Lipinski definition) is 1. The zero-order chi connectivity index (χ0) is 13.1. The molecule has 2 aromatic rings. The van der Waals surface area contributed by atoms with Gasteiger partial charge >= 0.3 is 0 Å². The molecule has 0 unspecified atom stereocenters. The summed E-state index contributed by atoms with van der Waals surface area (Å²) in [4.78, 5) is 3.94. The summed E-state index contributed by atoms with van der Waals surface area (Å²) in [6.07, 6.45) is 2.61. The van der Waals surface area contributed by atoms with Crippen LogP contribution < -0.4 is 4.74 Å². The Balaban J connectivity index is 2.24. The van der Waals surface area contributed by atoms with Gasteiger partial charge < -0.3 is 9.84 Å². The second-order valence-corrected chi connectivity index (χ2v) is 5.10. The quantitative estimate of drug-likeness (QED) is 0.911. The highest BCUT2D eigenvalue weighted by molar-refractivity contribution is 9.10. The number of aliphatic hydroxyl groups is 1. The van der Waals surface area contributed by atoms with Crippen molar-refractivity contribution in [3.63, 3.8) is 0 Å². The number of halogens is 2. The molecule has 18 heavy (non-hydrogen) atoms. The average molecular weight is 329 g/mol. The number of hydrogen-bond acceptors (Lipinski definition) is 3. The second-order valence-electron chi connectivity index (χ2n) is 3.81. The van der Waals surface area contributed by atoms with Gasteiger partial charge in [0.2, 0.25) is 0 Å². The van der Waals surface area contributed by atoms with Crippen LogP contribution in [0.25, 0.3) is 0 Å². The number of pyridine rings is 1. The van der Waals surface area contributed by atoms with Crippen LogP contribution in [-0.4, -0.2) is 10.1 Å². The third kappa shape index (κ3) is 3.22. The zero-order valence-electron chi connectivity index (χ0n) is 9.60. The van der Waals surface area contributed by atoms with Crippen LogP contribution >= 0.6 is 27.5 Å². The molecule has 0 amide bonds. The monoisotopic (exact) mass is 327 g/mol. The van der Waals surface area contributed by atoms with Crippen molar-refractivity contribution < 1.29 is 9.84 Å². The molecule has 1 aromatic carbocycles. The predicted octanol–water partition coefficient (Wildman–Crippen LogP) is 4.34. The smallest absolute Gasteiger partial charge is 0.147 e. The van der Waals surface area contributed by atoms with Gasteiger partial charge in [0.05, 0.1) is 21.8 Å². The summed E-state index contributed by atoms with van der Waals surface area (Å²) in [5.74, 6) is 1.21. The molecule has 5 heteroatoms. The van der Waals surface area contributed by atoms with E-state index in [9.17, 15) is 5.11 Å². The Labute approximate surface area is 119 Å². The lowest BCUT2D eigenvalue weighted by molar-refractivity contribution is 0.199. The lowest BCUT2D eigenvalue weighted by atomic mass is 10.1.